The molecule has 1 heterocycles. The SMILES string of the molecule is CCc1c(O)nc(CSc2ccc(Br)cc2)[nH]c1=O. The van der Waals surface area contributed by atoms with E-state index >= 15 is 0 Å². The maximum atomic E-state index is 11.7. The predicted octanol–water partition coefficient (Wildman–Crippen LogP) is 3.09. The fourth-order valence-corrected chi connectivity index (χ4v) is 2.63. The number of aromatic amines is 1. The van der Waals surface area contributed by atoms with E-state index in [-0.39, 0.29) is 11.4 Å². The second-order valence-corrected chi connectivity index (χ2v) is 5.88. The van der Waals surface area contributed by atoms with Gasteiger partial charge >= 0.3 is 0 Å². The predicted molar refractivity (Wildman–Crippen MR) is 79.6 cm³/mol. The molecule has 0 aliphatic carbocycles. The normalized spacial score (nSPS) is 10.6. The fourth-order valence-electron chi connectivity index (χ4n) is 1.60. The average Bonchev–Trinajstić information content (AvgIpc) is 2.38. The standard InChI is InChI=1S/C13H13BrN2O2S/c1-2-10-12(17)15-11(16-13(10)18)7-19-9-5-3-8(14)4-6-9/h3-6H,2,7H2,1H3,(H2,15,16,17,18). The molecule has 0 fully saturated rings. The van der Waals surface area contributed by atoms with Crippen LogP contribution in [0.2, 0.25) is 0 Å². The lowest BCUT2D eigenvalue weighted by Gasteiger charge is -2.04. The lowest BCUT2D eigenvalue weighted by Crippen LogP contribution is -2.15. The molecule has 2 aromatic rings. The monoisotopic (exact) mass is 340 g/mol. The minimum Gasteiger partial charge on any atom is -0.493 e. The summed E-state index contributed by atoms with van der Waals surface area (Å²) in [5.74, 6) is 0.819. The van der Waals surface area contributed by atoms with Crippen LogP contribution in [-0.2, 0) is 12.2 Å². The third-order valence-electron chi connectivity index (χ3n) is 2.59. The van der Waals surface area contributed by atoms with Gasteiger partial charge in [0.15, 0.2) is 0 Å². The summed E-state index contributed by atoms with van der Waals surface area (Å²) in [6.07, 6.45) is 0.467. The molecule has 6 heteroatoms. The van der Waals surface area contributed by atoms with Crippen LogP contribution in [0.5, 0.6) is 5.88 Å². The van der Waals surface area contributed by atoms with Crippen LogP contribution in [0.15, 0.2) is 38.4 Å². The van der Waals surface area contributed by atoms with Crippen molar-refractivity contribution in [3.8, 4) is 5.88 Å². The first-order valence-corrected chi connectivity index (χ1v) is 7.57. The average molecular weight is 341 g/mol. The van der Waals surface area contributed by atoms with Crippen LogP contribution < -0.4 is 5.56 Å². The van der Waals surface area contributed by atoms with Crippen molar-refractivity contribution in [1.82, 2.24) is 9.97 Å². The summed E-state index contributed by atoms with van der Waals surface area (Å²) in [5.41, 5.74) is 0.0683. The highest BCUT2D eigenvalue weighted by Crippen LogP contribution is 2.23. The van der Waals surface area contributed by atoms with Crippen molar-refractivity contribution in [3.63, 3.8) is 0 Å². The Labute approximate surface area is 123 Å². The summed E-state index contributed by atoms with van der Waals surface area (Å²) in [4.78, 5) is 19.5. The van der Waals surface area contributed by atoms with Gasteiger partial charge in [-0.1, -0.05) is 22.9 Å². The molecule has 1 aromatic carbocycles. The topological polar surface area (TPSA) is 66.0 Å². The Morgan fingerprint density at radius 1 is 1.37 bits per heavy atom. The number of H-pyrrole nitrogens is 1. The number of hydrogen-bond acceptors (Lipinski definition) is 4. The molecule has 0 atom stereocenters. The Hall–Kier alpha value is -1.27. The van der Waals surface area contributed by atoms with Gasteiger partial charge in [-0.15, -0.1) is 11.8 Å². The van der Waals surface area contributed by atoms with E-state index in [0.29, 0.717) is 23.6 Å². The summed E-state index contributed by atoms with van der Waals surface area (Å²) in [7, 11) is 0. The van der Waals surface area contributed by atoms with E-state index in [4.69, 9.17) is 0 Å². The number of nitrogens with zero attached hydrogens (tertiary/aromatic N) is 1. The number of aromatic nitrogens is 2. The number of halogens is 1. The van der Waals surface area contributed by atoms with E-state index in [1.54, 1.807) is 11.8 Å². The number of hydrogen-bond donors (Lipinski definition) is 2. The van der Waals surface area contributed by atoms with Gasteiger partial charge < -0.3 is 10.1 Å². The smallest absolute Gasteiger partial charge is 0.257 e. The molecule has 19 heavy (non-hydrogen) atoms. The van der Waals surface area contributed by atoms with Crippen molar-refractivity contribution in [3.05, 3.63) is 50.5 Å². The van der Waals surface area contributed by atoms with Gasteiger partial charge in [-0.05, 0) is 30.7 Å². The first-order valence-electron chi connectivity index (χ1n) is 5.79. The molecule has 0 radical (unpaired) electrons. The van der Waals surface area contributed by atoms with Gasteiger partial charge in [0.1, 0.15) is 5.82 Å². The minimum absolute atomic E-state index is 0.169. The highest BCUT2D eigenvalue weighted by Gasteiger charge is 2.08. The summed E-state index contributed by atoms with van der Waals surface area (Å²) < 4.78 is 1.02. The van der Waals surface area contributed by atoms with Crippen LogP contribution in [0.4, 0.5) is 0 Å². The number of thioether (sulfide) groups is 1. The van der Waals surface area contributed by atoms with E-state index in [1.165, 1.54) is 0 Å². The molecule has 1 aromatic heterocycles. The number of rotatable bonds is 4. The number of aromatic hydroxyl groups is 1. The Morgan fingerprint density at radius 2 is 2.05 bits per heavy atom. The summed E-state index contributed by atoms with van der Waals surface area (Å²) in [6, 6.07) is 7.87. The molecular formula is C13H13BrN2O2S. The van der Waals surface area contributed by atoms with Gasteiger partial charge in [-0.3, -0.25) is 4.79 Å². The van der Waals surface area contributed by atoms with Crippen LogP contribution in [0.1, 0.15) is 18.3 Å². The zero-order valence-corrected chi connectivity index (χ0v) is 12.7. The third kappa shape index (κ3) is 3.61. The fraction of sp³-hybridized carbons (Fsp3) is 0.231. The summed E-state index contributed by atoms with van der Waals surface area (Å²) in [5, 5.41) is 9.66. The number of nitrogens with one attached hydrogen (secondary N) is 1. The molecule has 0 unspecified atom stereocenters. The van der Waals surface area contributed by atoms with Crippen LogP contribution in [0, 0.1) is 0 Å². The maximum absolute atomic E-state index is 11.7. The van der Waals surface area contributed by atoms with Crippen molar-refractivity contribution in [1.29, 1.82) is 0 Å². The Kier molecular flexibility index (Phi) is 4.66. The third-order valence-corrected chi connectivity index (χ3v) is 4.14. The molecule has 0 spiro atoms. The second-order valence-electron chi connectivity index (χ2n) is 3.91. The Balaban J connectivity index is 2.12. The van der Waals surface area contributed by atoms with Gasteiger partial charge in [-0.2, -0.15) is 4.98 Å². The molecule has 2 N–H and O–H groups in total. The van der Waals surface area contributed by atoms with Crippen molar-refractivity contribution in [2.45, 2.75) is 24.0 Å². The number of benzene rings is 1. The first kappa shape index (κ1) is 14.1. The lowest BCUT2D eigenvalue weighted by molar-refractivity contribution is 0.441. The van der Waals surface area contributed by atoms with Gasteiger partial charge in [0, 0.05) is 9.37 Å². The maximum Gasteiger partial charge on any atom is 0.257 e. The van der Waals surface area contributed by atoms with Crippen molar-refractivity contribution in [2.24, 2.45) is 0 Å². The van der Waals surface area contributed by atoms with Gasteiger partial charge in [0.25, 0.3) is 5.56 Å². The van der Waals surface area contributed by atoms with Crippen LogP contribution in [0.25, 0.3) is 0 Å². The molecular weight excluding hydrogens is 328 g/mol. The second kappa shape index (κ2) is 6.25. The summed E-state index contributed by atoms with van der Waals surface area (Å²) in [6.45, 7) is 1.81. The zero-order valence-electron chi connectivity index (χ0n) is 10.3. The van der Waals surface area contributed by atoms with Gasteiger partial charge in [-0.25, -0.2) is 0 Å². The van der Waals surface area contributed by atoms with Gasteiger partial charge in [0.05, 0.1) is 11.3 Å². The van der Waals surface area contributed by atoms with Crippen LogP contribution >= 0.6 is 27.7 Å². The first-order chi connectivity index (χ1) is 9.10. The Bertz CT molecular complexity index is 626. The molecule has 0 saturated carbocycles. The van der Waals surface area contributed by atoms with Crippen molar-refractivity contribution < 1.29 is 5.11 Å². The largest absolute Gasteiger partial charge is 0.493 e. The van der Waals surface area contributed by atoms with Crippen molar-refractivity contribution in [2.75, 3.05) is 0 Å². The highest BCUT2D eigenvalue weighted by molar-refractivity contribution is 9.10. The van der Waals surface area contributed by atoms with E-state index < -0.39 is 0 Å². The van der Waals surface area contributed by atoms with E-state index in [0.717, 1.165) is 9.37 Å². The molecule has 100 valence electrons. The molecule has 2 rings (SSSR count). The molecule has 0 aliphatic rings. The minimum atomic E-state index is -0.263. The molecule has 4 nitrogen and oxygen atoms in total. The van der Waals surface area contributed by atoms with Gasteiger partial charge in [0.2, 0.25) is 5.88 Å². The molecule has 0 bridgehead atoms. The quantitative estimate of drug-likeness (QED) is 0.839. The summed E-state index contributed by atoms with van der Waals surface area (Å²) >= 11 is 4.92. The lowest BCUT2D eigenvalue weighted by atomic mass is 10.2. The Morgan fingerprint density at radius 3 is 2.63 bits per heavy atom. The van der Waals surface area contributed by atoms with Crippen LogP contribution in [-0.4, -0.2) is 15.1 Å². The highest BCUT2D eigenvalue weighted by atomic mass is 79.9. The molecule has 0 aliphatic heterocycles. The molecule has 0 saturated heterocycles. The van der Waals surface area contributed by atoms with E-state index in [1.807, 2.05) is 31.2 Å². The zero-order chi connectivity index (χ0) is 13.8. The van der Waals surface area contributed by atoms with E-state index in [9.17, 15) is 9.90 Å². The van der Waals surface area contributed by atoms with Crippen LogP contribution in [0.3, 0.4) is 0 Å². The molecule has 0 amide bonds. The van der Waals surface area contributed by atoms with Crippen molar-refractivity contribution >= 4 is 27.7 Å². The van der Waals surface area contributed by atoms with E-state index in [2.05, 4.69) is 25.9 Å².